The number of ether oxygens (including phenoxy) is 2. The summed E-state index contributed by atoms with van der Waals surface area (Å²) in [6, 6.07) is 7.18. The van der Waals surface area contributed by atoms with Crippen molar-refractivity contribution in [2.45, 2.75) is 13.0 Å². The highest BCUT2D eigenvalue weighted by molar-refractivity contribution is 7.14. The summed E-state index contributed by atoms with van der Waals surface area (Å²) in [4.78, 5) is 16.5. The maximum Gasteiger partial charge on any atom is 0.310 e. The number of aromatic nitrogens is 1. The van der Waals surface area contributed by atoms with Crippen molar-refractivity contribution in [1.82, 2.24) is 4.98 Å². The third-order valence-electron chi connectivity index (χ3n) is 3.28. The van der Waals surface area contributed by atoms with E-state index in [9.17, 15) is 4.79 Å². The molecule has 0 saturated heterocycles. The van der Waals surface area contributed by atoms with Crippen molar-refractivity contribution in [3.63, 3.8) is 0 Å². The molecule has 0 aliphatic heterocycles. The molecule has 0 fully saturated rings. The second-order valence-electron chi connectivity index (χ2n) is 4.95. The van der Waals surface area contributed by atoms with Gasteiger partial charge in [-0.05, 0) is 29.6 Å². The number of hydrogen-bond acceptors (Lipinski definition) is 6. The minimum atomic E-state index is -0.347. The average Bonchev–Trinajstić information content (AvgIpc) is 3.24. The summed E-state index contributed by atoms with van der Waals surface area (Å²) in [6.07, 6.45) is 0.102. The largest absolute Gasteiger partial charge is 0.496 e. The number of carbonyl (C=O) groups is 1. The summed E-state index contributed by atoms with van der Waals surface area (Å²) in [6.45, 7) is 0.155. The van der Waals surface area contributed by atoms with E-state index in [1.165, 1.54) is 11.3 Å². The number of esters is 1. The van der Waals surface area contributed by atoms with Gasteiger partial charge in [-0.15, -0.1) is 11.3 Å². The van der Waals surface area contributed by atoms with Gasteiger partial charge in [-0.1, -0.05) is 11.6 Å². The number of halogens is 1. The van der Waals surface area contributed by atoms with Gasteiger partial charge >= 0.3 is 5.97 Å². The number of nitrogens with zero attached hydrogens (tertiary/aromatic N) is 1. The molecule has 124 valence electrons. The first-order chi connectivity index (χ1) is 11.7. The minimum absolute atomic E-state index is 0.102. The summed E-state index contributed by atoms with van der Waals surface area (Å²) in [7, 11) is 1.55. The second kappa shape index (κ2) is 7.79. The van der Waals surface area contributed by atoms with Crippen LogP contribution in [0.15, 0.2) is 40.4 Å². The molecule has 0 amide bonds. The van der Waals surface area contributed by atoms with Gasteiger partial charge in [0.05, 0.1) is 19.2 Å². The van der Waals surface area contributed by atoms with Crippen LogP contribution in [0.5, 0.6) is 5.75 Å². The van der Waals surface area contributed by atoms with Gasteiger partial charge in [0.15, 0.2) is 0 Å². The van der Waals surface area contributed by atoms with Crippen LogP contribution in [0.2, 0.25) is 5.02 Å². The highest BCUT2D eigenvalue weighted by Crippen LogP contribution is 2.26. The number of thiazole rings is 1. The molecule has 2 heterocycles. The fourth-order valence-corrected chi connectivity index (χ4v) is 3.85. The Morgan fingerprint density at radius 2 is 2.17 bits per heavy atom. The maximum atomic E-state index is 12.1. The molecule has 3 rings (SSSR count). The lowest BCUT2D eigenvalue weighted by atomic mass is 10.1. The van der Waals surface area contributed by atoms with Crippen LogP contribution < -0.4 is 4.74 Å². The van der Waals surface area contributed by atoms with E-state index in [-0.39, 0.29) is 19.0 Å². The van der Waals surface area contributed by atoms with E-state index in [4.69, 9.17) is 21.1 Å². The Kier molecular flexibility index (Phi) is 5.50. The normalized spacial score (nSPS) is 10.6. The van der Waals surface area contributed by atoms with Crippen molar-refractivity contribution < 1.29 is 14.3 Å². The Morgan fingerprint density at radius 3 is 2.92 bits per heavy atom. The van der Waals surface area contributed by atoms with Crippen molar-refractivity contribution in [3.05, 3.63) is 56.7 Å². The van der Waals surface area contributed by atoms with Crippen LogP contribution in [-0.4, -0.2) is 18.1 Å². The van der Waals surface area contributed by atoms with E-state index in [0.29, 0.717) is 16.3 Å². The first-order valence-electron chi connectivity index (χ1n) is 7.10. The van der Waals surface area contributed by atoms with Gasteiger partial charge in [0, 0.05) is 26.9 Å². The molecule has 0 saturated carbocycles. The van der Waals surface area contributed by atoms with Crippen molar-refractivity contribution in [3.8, 4) is 16.3 Å². The van der Waals surface area contributed by atoms with Gasteiger partial charge in [0.2, 0.25) is 0 Å². The first kappa shape index (κ1) is 17.0. The van der Waals surface area contributed by atoms with Crippen LogP contribution in [0.4, 0.5) is 0 Å². The Hall–Kier alpha value is -1.89. The van der Waals surface area contributed by atoms with E-state index in [2.05, 4.69) is 4.98 Å². The van der Waals surface area contributed by atoms with Crippen LogP contribution in [0, 0.1) is 0 Å². The van der Waals surface area contributed by atoms with Gasteiger partial charge in [-0.2, -0.15) is 11.3 Å². The second-order valence-corrected chi connectivity index (χ2v) is 7.02. The van der Waals surface area contributed by atoms with Crippen LogP contribution in [0.25, 0.3) is 10.6 Å². The number of methoxy groups -OCH3 is 1. The fourth-order valence-electron chi connectivity index (χ4n) is 2.14. The van der Waals surface area contributed by atoms with Crippen molar-refractivity contribution in [2.75, 3.05) is 7.11 Å². The zero-order valence-corrected chi connectivity index (χ0v) is 15.2. The third kappa shape index (κ3) is 4.14. The molecule has 0 atom stereocenters. The molecule has 0 N–H and O–H groups in total. The Morgan fingerprint density at radius 1 is 1.29 bits per heavy atom. The molecule has 0 spiro atoms. The molecule has 2 aromatic heterocycles. The molecule has 0 unspecified atom stereocenters. The molecule has 0 radical (unpaired) electrons. The predicted octanol–water partition coefficient (Wildman–Crippen LogP) is 4.82. The monoisotopic (exact) mass is 379 g/mol. The van der Waals surface area contributed by atoms with Gasteiger partial charge < -0.3 is 9.47 Å². The molecule has 3 aromatic rings. The topological polar surface area (TPSA) is 48.4 Å². The van der Waals surface area contributed by atoms with Crippen LogP contribution in [-0.2, 0) is 22.6 Å². The SMILES string of the molecule is COc1ccc(Cl)cc1CC(=O)OCc1csc(-c2ccsc2)n1. The number of rotatable bonds is 6. The molecule has 1 aromatic carbocycles. The van der Waals surface area contributed by atoms with Crippen LogP contribution in [0.1, 0.15) is 11.3 Å². The van der Waals surface area contributed by atoms with Gasteiger partial charge in [0.25, 0.3) is 0 Å². The van der Waals surface area contributed by atoms with Crippen LogP contribution in [0.3, 0.4) is 0 Å². The quantitative estimate of drug-likeness (QED) is 0.576. The molecule has 7 heteroatoms. The summed E-state index contributed by atoms with van der Waals surface area (Å²) in [5, 5.41) is 7.44. The first-order valence-corrected chi connectivity index (χ1v) is 9.31. The molecule has 24 heavy (non-hydrogen) atoms. The van der Waals surface area contributed by atoms with Crippen molar-refractivity contribution in [2.24, 2.45) is 0 Å². The lowest BCUT2D eigenvalue weighted by Crippen LogP contribution is -2.09. The number of hydrogen-bond donors (Lipinski definition) is 0. The van der Waals surface area contributed by atoms with Gasteiger partial charge in [-0.3, -0.25) is 4.79 Å². The van der Waals surface area contributed by atoms with Crippen molar-refractivity contribution >= 4 is 40.2 Å². The summed E-state index contributed by atoms with van der Waals surface area (Å²) < 4.78 is 10.5. The standard InChI is InChI=1S/C17H14ClNO3S2/c1-21-15-3-2-13(18)6-12(15)7-16(20)22-8-14-10-24-17(19-14)11-4-5-23-9-11/h2-6,9-10H,7-8H2,1H3. The highest BCUT2D eigenvalue weighted by Gasteiger charge is 2.12. The molecule has 0 aliphatic rings. The molecular formula is C17H14ClNO3S2. The van der Waals surface area contributed by atoms with Gasteiger partial charge in [-0.25, -0.2) is 4.98 Å². The molecular weight excluding hydrogens is 366 g/mol. The smallest absolute Gasteiger partial charge is 0.310 e. The van der Waals surface area contributed by atoms with E-state index >= 15 is 0 Å². The maximum absolute atomic E-state index is 12.1. The van der Waals surface area contributed by atoms with Crippen LogP contribution >= 0.6 is 34.3 Å². The third-order valence-corrected chi connectivity index (χ3v) is 5.14. The predicted molar refractivity (Wildman–Crippen MR) is 96.9 cm³/mol. The summed E-state index contributed by atoms with van der Waals surface area (Å²) in [5.41, 5.74) is 2.53. The summed E-state index contributed by atoms with van der Waals surface area (Å²) in [5.74, 6) is 0.269. The minimum Gasteiger partial charge on any atom is -0.496 e. The zero-order valence-electron chi connectivity index (χ0n) is 12.8. The highest BCUT2D eigenvalue weighted by atomic mass is 35.5. The summed E-state index contributed by atoms with van der Waals surface area (Å²) >= 11 is 9.13. The number of thiophene rings is 1. The Bertz CT molecular complexity index is 830. The number of benzene rings is 1. The molecule has 4 nitrogen and oxygen atoms in total. The van der Waals surface area contributed by atoms with E-state index in [1.807, 2.05) is 22.2 Å². The molecule has 0 aliphatic carbocycles. The Balaban J connectivity index is 1.59. The fraction of sp³-hybridized carbons (Fsp3) is 0.176. The lowest BCUT2D eigenvalue weighted by molar-refractivity contribution is -0.144. The molecule has 0 bridgehead atoms. The number of carbonyl (C=O) groups excluding carboxylic acids is 1. The average molecular weight is 380 g/mol. The van der Waals surface area contributed by atoms with Gasteiger partial charge in [0.1, 0.15) is 17.4 Å². The Labute approximate surface area is 152 Å². The van der Waals surface area contributed by atoms with Crippen molar-refractivity contribution in [1.29, 1.82) is 0 Å². The lowest BCUT2D eigenvalue weighted by Gasteiger charge is -2.08. The van der Waals surface area contributed by atoms with E-state index in [0.717, 1.165) is 16.3 Å². The van der Waals surface area contributed by atoms with E-state index < -0.39 is 0 Å². The van der Waals surface area contributed by atoms with E-state index in [1.54, 1.807) is 36.6 Å². The zero-order chi connectivity index (χ0) is 16.9.